The van der Waals surface area contributed by atoms with E-state index >= 15 is 0 Å². The summed E-state index contributed by atoms with van der Waals surface area (Å²) in [7, 11) is 1.69. The van der Waals surface area contributed by atoms with Crippen molar-refractivity contribution < 1.29 is 4.74 Å². The molecule has 0 saturated heterocycles. The van der Waals surface area contributed by atoms with E-state index in [1.165, 1.54) is 0 Å². The second-order valence-electron chi connectivity index (χ2n) is 4.43. The van der Waals surface area contributed by atoms with Gasteiger partial charge in [-0.05, 0) is 30.7 Å². The molecule has 0 atom stereocenters. The molecule has 0 radical (unpaired) electrons. The number of nitrogens with one attached hydrogen (secondary N) is 1. The third-order valence-electron chi connectivity index (χ3n) is 2.76. The summed E-state index contributed by atoms with van der Waals surface area (Å²) >= 11 is 0. The number of benzene rings is 1. The average molecular weight is 260 g/mol. The van der Waals surface area contributed by atoms with Crippen molar-refractivity contribution in [1.29, 1.82) is 0 Å². The molecule has 1 heterocycles. The van der Waals surface area contributed by atoms with Gasteiger partial charge in [-0.25, -0.2) is 4.68 Å². The van der Waals surface area contributed by atoms with Crippen molar-refractivity contribution in [2.24, 2.45) is 0 Å². The van der Waals surface area contributed by atoms with Crippen molar-refractivity contribution in [1.82, 2.24) is 20.3 Å². The number of nitrogens with zero attached hydrogens (tertiary/aromatic N) is 3. The molecule has 1 N–H and O–H groups in total. The number of ether oxygens (including phenoxy) is 1. The Balaban J connectivity index is 2.07. The zero-order valence-corrected chi connectivity index (χ0v) is 11.5. The minimum Gasteiger partial charge on any atom is -0.380 e. The molecule has 1 aromatic heterocycles. The quantitative estimate of drug-likeness (QED) is 0.773. The van der Waals surface area contributed by atoms with Crippen molar-refractivity contribution in [2.45, 2.75) is 26.5 Å². The highest BCUT2D eigenvalue weighted by molar-refractivity contribution is 5.34. The third-order valence-corrected chi connectivity index (χ3v) is 2.76. The van der Waals surface area contributed by atoms with E-state index in [1.54, 1.807) is 11.8 Å². The van der Waals surface area contributed by atoms with Gasteiger partial charge in [-0.1, -0.05) is 24.3 Å². The van der Waals surface area contributed by atoms with Crippen molar-refractivity contribution in [2.75, 3.05) is 13.7 Å². The predicted molar refractivity (Wildman–Crippen MR) is 74.1 cm³/mol. The van der Waals surface area contributed by atoms with E-state index in [9.17, 15) is 0 Å². The first-order valence-electron chi connectivity index (χ1n) is 6.53. The van der Waals surface area contributed by atoms with Crippen molar-refractivity contribution in [3.8, 4) is 5.69 Å². The summed E-state index contributed by atoms with van der Waals surface area (Å²) in [6, 6.07) is 8.10. The molecular formula is C14H20N4O. The molecule has 0 fully saturated rings. The van der Waals surface area contributed by atoms with Crippen molar-refractivity contribution in [3.05, 3.63) is 41.7 Å². The van der Waals surface area contributed by atoms with E-state index in [4.69, 9.17) is 4.74 Å². The second kappa shape index (κ2) is 7.01. The van der Waals surface area contributed by atoms with Crippen LogP contribution in [0.3, 0.4) is 0 Å². The Labute approximate surface area is 113 Å². The number of methoxy groups -OCH3 is 1. The molecule has 102 valence electrons. The molecular weight excluding hydrogens is 240 g/mol. The van der Waals surface area contributed by atoms with Crippen LogP contribution in [0.2, 0.25) is 0 Å². The highest BCUT2D eigenvalue weighted by Crippen LogP contribution is 2.10. The van der Waals surface area contributed by atoms with Crippen LogP contribution >= 0.6 is 0 Å². The monoisotopic (exact) mass is 260 g/mol. The fourth-order valence-electron chi connectivity index (χ4n) is 1.85. The predicted octanol–water partition coefficient (Wildman–Crippen LogP) is 1.91. The highest BCUT2D eigenvalue weighted by atomic mass is 16.5. The number of aromatic nitrogens is 3. The van der Waals surface area contributed by atoms with Gasteiger partial charge >= 0.3 is 0 Å². The first-order valence-corrected chi connectivity index (χ1v) is 6.53. The van der Waals surface area contributed by atoms with Gasteiger partial charge in [0.15, 0.2) is 0 Å². The number of rotatable bonds is 7. The third kappa shape index (κ3) is 3.87. The SMILES string of the molecule is CCCNCc1cn(-c2cccc(COC)c2)nn1. The van der Waals surface area contributed by atoms with E-state index in [2.05, 4.69) is 28.6 Å². The van der Waals surface area contributed by atoms with Gasteiger partial charge in [0.05, 0.1) is 24.2 Å². The maximum absolute atomic E-state index is 5.13. The Morgan fingerprint density at radius 1 is 1.37 bits per heavy atom. The van der Waals surface area contributed by atoms with E-state index in [0.717, 1.165) is 36.5 Å². The average Bonchev–Trinajstić information content (AvgIpc) is 2.89. The van der Waals surface area contributed by atoms with Crippen molar-refractivity contribution >= 4 is 0 Å². The number of hydrogen-bond donors (Lipinski definition) is 1. The summed E-state index contributed by atoms with van der Waals surface area (Å²) in [6.45, 7) is 4.50. The molecule has 1 aromatic carbocycles. The second-order valence-corrected chi connectivity index (χ2v) is 4.43. The largest absolute Gasteiger partial charge is 0.380 e. The van der Waals surface area contributed by atoms with Crippen LogP contribution in [0.25, 0.3) is 5.69 Å². The van der Waals surface area contributed by atoms with Crippen LogP contribution in [-0.4, -0.2) is 28.6 Å². The normalized spacial score (nSPS) is 10.8. The fraction of sp³-hybridized carbons (Fsp3) is 0.429. The molecule has 0 aliphatic heterocycles. The molecule has 0 aliphatic carbocycles. The molecule has 2 rings (SSSR count). The van der Waals surface area contributed by atoms with E-state index in [0.29, 0.717) is 6.61 Å². The van der Waals surface area contributed by atoms with Gasteiger partial charge < -0.3 is 10.1 Å². The zero-order valence-electron chi connectivity index (χ0n) is 11.5. The van der Waals surface area contributed by atoms with Crippen LogP contribution < -0.4 is 5.32 Å². The Morgan fingerprint density at radius 2 is 2.26 bits per heavy atom. The minimum atomic E-state index is 0.605. The van der Waals surface area contributed by atoms with Gasteiger partial charge in [0.1, 0.15) is 0 Å². The lowest BCUT2D eigenvalue weighted by Crippen LogP contribution is -2.13. The van der Waals surface area contributed by atoms with Crippen molar-refractivity contribution in [3.63, 3.8) is 0 Å². The maximum atomic E-state index is 5.13. The molecule has 0 unspecified atom stereocenters. The lowest BCUT2D eigenvalue weighted by molar-refractivity contribution is 0.185. The molecule has 0 aliphatic rings. The Bertz CT molecular complexity index is 510. The van der Waals surface area contributed by atoms with Gasteiger partial charge in [0.2, 0.25) is 0 Å². The van der Waals surface area contributed by atoms with Gasteiger partial charge in [-0.3, -0.25) is 0 Å². The first-order chi connectivity index (χ1) is 9.33. The Hall–Kier alpha value is -1.72. The summed E-state index contributed by atoms with van der Waals surface area (Å²) < 4.78 is 6.93. The van der Waals surface area contributed by atoms with E-state index in [-0.39, 0.29) is 0 Å². The molecule has 5 nitrogen and oxygen atoms in total. The van der Waals surface area contributed by atoms with Crippen LogP contribution in [0.1, 0.15) is 24.6 Å². The minimum absolute atomic E-state index is 0.605. The Morgan fingerprint density at radius 3 is 3.05 bits per heavy atom. The zero-order chi connectivity index (χ0) is 13.5. The van der Waals surface area contributed by atoms with Crippen LogP contribution in [0.15, 0.2) is 30.5 Å². The topological polar surface area (TPSA) is 52.0 Å². The molecule has 2 aromatic rings. The van der Waals surface area contributed by atoms with Gasteiger partial charge in [0, 0.05) is 13.7 Å². The van der Waals surface area contributed by atoms with Crippen LogP contribution in [0, 0.1) is 0 Å². The number of hydrogen-bond acceptors (Lipinski definition) is 4. The van der Waals surface area contributed by atoms with Gasteiger partial charge in [-0.15, -0.1) is 5.10 Å². The molecule has 0 saturated carbocycles. The maximum Gasteiger partial charge on any atom is 0.0969 e. The smallest absolute Gasteiger partial charge is 0.0969 e. The van der Waals surface area contributed by atoms with Crippen LogP contribution in [0.4, 0.5) is 0 Å². The molecule has 19 heavy (non-hydrogen) atoms. The highest BCUT2D eigenvalue weighted by Gasteiger charge is 2.03. The lowest BCUT2D eigenvalue weighted by Gasteiger charge is -2.03. The molecule has 0 spiro atoms. The summed E-state index contributed by atoms with van der Waals surface area (Å²) in [4.78, 5) is 0. The van der Waals surface area contributed by atoms with Crippen LogP contribution in [-0.2, 0) is 17.9 Å². The summed E-state index contributed by atoms with van der Waals surface area (Å²) in [6.07, 6.45) is 3.07. The molecule has 5 heteroatoms. The van der Waals surface area contributed by atoms with Crippen LogP contribution in [0.5, 0.6) is 0 Å². The van der Waals surface area contributed by atoms with E-state index in [1.807, 2.05) is 24.4 Å². The Kier molecular flexibility index (Phi) is 5.06. The summed E-state index contributed by atoms with van der Waals surface area (Å²) in [5.41, 5.74) is 3.08. The van der Waals surface area contributed by atoms with Gasteiger partial charge in [0.25, 0.3) is 0 Å². The molecule has 0 amide bonds. The standard InChI is InChI=1S/C14H20N4O/c1-3-7-15-9-13-10-18(17-16-13)14-6-4-5-12(8-14)11-19-2/h4-6,8,10,15H,3,7,9,11H2,1-2H3. The van der Waals surface area contributed by atoms with Gasteiger partial charge in [-0.2, -0.15) is 0 Å². The van der Waals surface area contributed by atoms with E-state index < -0.39 is 0 Å². The fourth-order valence-corrected chi connectivity index (χ4v) is 1.85. The summed E-state index contributed by atoms with van der Waals surface area (Å²) in [5.74, 6) is 0. The summed E-state index contributed by atoms with van der Waals surface area (Å²) in [5, 5.41) is 11.6. The first kappa shape index (κ1) is 13.7. The molecule has 0 bridgehead atoms. The lowest BCUT2D eigenvalue weighted by atomic mass is 10.2.